The Morgan fingerprint density at radius 1 is 1.32 bits per heavy atom. The van der Waals surface area contributed by atoms with E-state index in [4.69, 9.17) is 9.47 Å². The molecule has 1 aliphatic rings. The summed E-state index contributed by atoms with van der Waals surface area (Å²) < 4.78 is 10.3. The highest BCUT2D eigenvalue weighted by molar-refractivity contribution is 5.87. The van der Waals surface area contributed by atoms with Gasteiger partial charge in [-0.2, -0.15) is 0 Å². The van der Waals surface area contributed by atoms with Gasteiger partial charge in [-0.3, -0.25) is 0 Å². The SMILES string of the molecule is CC1OCC(O)C(O)C1OC(=O)/C=C/c1ccc(O)c(O)c1. The van der Waals surface area contributed by atoms with Gasteiger partial charge in [-0.25, -0.2) is 4.79 Å². The molecule has 0 saturated carbocycles. The van der Waals surface area contributed by atoms with Gasteiger partial charge in [0.1, 0.15) is 12.2 Å². The number of hydrogen-bond acceptors (Lipinski definition) is 7. The largest absolute Gasteiger partial charge is 0.504 e. The maximum atomic E-state index is 11.8. The molecule has 1 aliphatic heterocycles. The second-order valence-electron chi connectivity index (χ2n) is 5.08. The van der Waals surface area contributed by atoms with E-state index in [1.165, 1.54) is 24.3 Å². The van der Waals surface area contributed by atoms with Gasteiger partial charge in [-0.05, 0) is 30.7 Å². The average molecular weight is 310 g/mol. The third-order valence-electron chi connectivity index (χ3n) is 3.39. The third-order valence-corrected chi connectivity index (χ3v) is 3.39. The van der Waals surface area contributed by atoms with E-state index in [-0.39, 0.29) is 18.1 Å². The smallest absolute Gasteiger partial charge is 0.331 e. The van der Waals surface area contributed by atoms with Crippen molar-refractivity contribution in [3.8, 4) is 11.5 Å². The number of carbonyl (C=O) groups excluding carboxylic acids is 1. The number of hydrogen-bond donors (Lipinski definition) is 4. The molecule has 7 heteroatoms. The molecule has 1 saturated heterocycles. The molecular weight excluding hydrogens is 292 g/mol. The van der Waals surface area contributed by atoms with Crippen LogP contribution in [-0.4, -0.2) is 57.4 Å². The van der Waals surface area contributed by atoms with E-state index in [1.54, 1.807) is 6.92 Å². The van der Waals surface area contributed by atoms with E-state index in [9.17, 15) is 25.2 Å². The zero-order valence-corrected chi connectivity index (χ0v) is 11.9. The number of aromatic hydroxyl groups is 2. The van der Waals surface area contributed by atoms with Crippen molar-refractivity contribution < 1.29 is 34.7 Å². The highest BCUT2D eigenvalue weighted by Crippen LogP contribution is 2.25. The lowest BCUT2D eigenvalue weighted by molar-refractivity contribution is -0.201. The molecule has 22 heavy (non-hydrogen) atoms. The predicted octanol–water partition coefficient (Wildman–Crippen LogP) is 0.163. The van der Waals surface area contributed by atoms with Crippen LogP contribution in [0.25, 0.3) is 6.08 Å². The Balaban J connectivity index is 1.99. The second kappa shape index (κ2) is 6.78. The van der Waals surface area contributed by atoms with Crippen LogP contribution in [0.15, 0.2) is 24.3 Å². The van der Waals surface area contributed by atoms with Crippen LogP contribution in [0.2, 0.25) is 0 Å². The summed E-state index contributed by atoms with van der Waals surface area (Å²) in [6, 6.07) is 4.07. The number of esters is 1. The van der Waals surface area contributed by atoms with Gasteiger partial charge in [0.25, 0.3) is 0 Å². The number of rotatable bonds is 3. The molecule has 1 aromatic rings. The molecular formula is C15H18O7. The van der Waals surface area contributed by atoms with E-state index in [0.717, 1.165) is 6.08 Å². The number of carbonyl (C=O) groups is 1. The Morgan fingerprint density at radius 3 is 2.73 bits per heavy atom. The molecule has 0 aliphatic carbocycles. The van der Waals surface area contributed by atoms with Crippen molar-refractivity contribution in [1.29, 1.82) is 0 Å². The van der Waals surface area contributed by atoms with E-state index < -0.39 is 30.4 Å². The molecule has 7 nitrogen and oxygen atoms in total. The first kappa shape index (κ1) is 16.3. The van der Waals surface area contributed by atoms with Crippen LogP contribution in [0.5, 0.6) is 11.5 Å². The van der Waals surface area contributed by atoms with Crippen LogP contribution in [0.1, 0.15) is 12.5 Å². The van der Waals surface area contributed by atoms with Crippen LogP contribution in [-0.2, 0) is 14.3 Å². The van der Waals surface area contributed by atoms with Gasteiger partial charge in [0, 0.05) is 6.08 Å². The number of benzene rings is 1. The zero-order chi connectivity index (χ0) is 16.3. The summed E-state index contributed by atoms with van der Waals surface area (Å²) in [5, 5.41) is 37.9. The first-order valence-corrected chi connectivity index (χ1v) is 6.77. The second-order valence-corrected chi connectivity index (χ2v) is 5.08. The van der Waals surface area contributed by atoms with Crippen LogP contribution in [0, 0.1) is 0 Å². The van der Waals surface area contributed by atoms with Crippen molar-refractivity contribution in [2.75, 3.05) is 6.61 Å². The van der Waals surface area contributed by atoms with Crippen molar-refractivity contribution in [3.05, 3.63) is 29.8 Å². The maximum Gasteiger partial charge on any atom is 0.331 e. The molecule has 4 N–H and O–H groups in total. The van der Waals surface area contributed by atoms with Gasteiger partial charge in [0.2, 0.25) is 0 Å². The van der Waals surface area contributed by atoms with Gasteiger partial charge in [-0.15, -0.1) is 0 Å². The fourth-order valence-electron chi connectivity index (χ4n) is 2.09. The molecule has 120 valence electrons. The van der Waals surface area contributed by atoms with E-state index in [0.29, 0.717) is 5.56 Å². The topological polar surface area (TPSA) is 116 Å². The van der Waals surface area contributed by atoms with Crippen molar-refractivity contribution >= 4 is 12.0 Å². The Labute approximate surface area is 127 Å². The summed E-state index contributed by atoms with van der Waals surface area (Å²) in [5.74, 6) is -1.28. The molecule has 1 heterocycles. The molecule has 0 aromatic heterocycles. The normalized spacial score (nSPS) is 28.7. The minimum Gasteiger partial charge on any atom is -0.504 e. The fourth-order valence-corrected chi connectivity index (χ4v) is 2.09. The zero-order valence-electron chi connectivity index (χ0n) is 11.9. The lowest BCUT2D eigenvalue weighted by Gasteiger charge is -2.35. The van der Waals surface area contributed by atoms with Gasteiger partial charge in [0.15, 0.2) is 17.6 Å². The molecule has 0 radical (unpaired) electrons. The minimum atomic E-state index is -1.21. The van der Waals surface area contributed by atoms with E-state index in [1.807, 2.05) is 0 Å². The molecule has 1 aromatic carbocycles. The maximum absolute atomic E-state index is 11.8. The molecule has 0 amide bonds. The molecule has 1 fully saturated rings. The summed E-state index contributed by atoms with van der Waals surface area (Å²) in [4.78, 5) is 11.8. The number of phenolic OH excluding ortho intramolecular Hbond substituents is 2. The minimum absolute atomic E-state index is 0.0149. The van der Waals surface area contributed by atoms with Gasteiger partial charge in [0.05, 0.1) is 12.7 Å². The lowest BCUT2D eigenvalue weighted by Crippen LogP contribution is -2.53. The number of ether oxygens (including phenoxy) is 2. The molecule has 4 atom stereocenters. The Kier molecular flexibility index (Phi) is 5.02. The summed E-state index contributed by atoms with van der Waals surface area (Å²) in [5.41, 5.74) is 0.487. The molecule has 2 rings (SSSR count). The van der Waals surface area contributed by atoms with Crippen molar-refractivity contribution in [1.82, 2.24) is 0 Å². The first-order valence-electron chi connectivity index (χ1n) is 6.77. The molecule has 0 spiro atoms. The number of aliphatic hydroxyl groups excluding tert-OH is 2. The van der Waals surface area contributed by atoms with Crippen LogP contribution in [0.4, 0.5) is 0 Å². The Bertz CT molecular complexity index is 569. The third kappa shape index (κ3) is 3.76. The Hall–Kier alpha value is -2.09. The van der Waals surface area contributed by atoms with E-state index >= 15 is 0 Å². The summed E-state index contributed by atoms with van der Waals surface area (Å²) >= 11 is 0. The highest BCUT2D eigenvalue weighted by Gasteiger charge is 2.38. The fraction of sp³-hybridized carbons (Fsp3) is 0.400. The van der Waals surface area contributed by atoms with Crippen molar-refractivity contribution in [2.24, 2.45) is 0 Å². The number of aliphatic hydroxyl groups is 2. The quantitative estimate of drug-likeness (QED) is 0.357. The van der Waals surface area contributed by atoms with Gasteiger partial charge < -0.3 is 29.9 Å². The van der Waals surface area contributed by atoms with Crippen molar-refractivity contribution in [3.63, 3.8) is 0 Å². The lowest BCUT2D eigenvalue weighted by atomic mass is 10.0. The first-order chi connectivity index (χ1) is 10.4. The number of phenols is 2. The van der Waals surface area contributed by atoms with Gasteiger partial charge in [-0.1, -0.05) is 6.07 Å². The van der Waals surface area contributed by atoms with Crippen LogP contribution < -0.4 is 0 Å². The molecule has 0 bridgehead atoms. The standard InChI is InChI=1S/C15H18O7/c1-8-15(14(20)12(18)7-21-8)22-13(19)5-3-9-2-4-10(16)11(17)6-9/h2-6,8,12,14-18,20H,7H2,1H3/b5-3+. The monoisotopic (exact) mass is 310 g/mol. The average Bonchev–Trinajstić information content (AvgIpc) is 2.49. The van der Waals surface area contributed by atoms with Gasteiger partial charge >= 0.3 is 5.97 Å². The van der Waals surface area contributed by atoms with Crippen LogP contribution >= 0.6 is 0 Å². The van der Waals surface area contributed by atoms with Crippen LogP contribution in [0.3, 0.4) is 0 Å². The van der Waals surface area contributed by atoms with Crippen molar-refractivity contribution in [2.45, 2.75) is 31.3 Å². The summed E-state index contributed by atoms with van der Waals surface area (Å²) in [6.45, 7) is 1.62. The Morgan fingerprint density at radius 2 is 2.05 bits per heavy atom. The summed E-state index contributed by atoms with van der Waals surface area (Å²) in [7, 11) is 0. The summed E-state index contributed by atoms with van der Waals surface area (Å²) in [6.07, 6.45) is -1.31. The predicted molar refractivity (Wildman–Crippen MR) is 76.1 cm³/mol. The molecule has 4 unspecified atom stereocenters. The van der Waals surface area contributed by atoms with E-state index in [2.05, 4.69) is 0 Å². The highest BCUT2D eigenvalue weighted by atomic mass is 16.6.